The number of non-ortho nitro benzene ring substituents is 1. The van der Waals surface area contributed by atoms with Crippen LogP contribution in [0.1, 0.15) is 43.6 Å². The van der Waals surface area contributed by atoms with Crippen molar-refractivity contribution in [3.8, 4) is 23.0 Å². The predicted molar refractivity (Wildman–Crippen MR) is 158 cm³/mol. The number of nitro benzene ring substituents is 1. The number of nitrogens with zero attached hydrogens (tertiary/aromatic N) is 2. The number of ether oxygens (including phenoxy) is 4. The van der Waals surface area contributed by atoms with Gasteiger partial charge in [0.1, 0.15) is 0 Å². The number of nitrogens with one attached hydrogen (secondary N) is 2. The molecule has 13 heteroatoms. The smallest absolute Gasteiger partial charge is 0.343 e. The topological polar surface area (TPSA) is 168 Å². The van der Waals surface area contributed by atoms with Gasteiger partial charge in [0.05, 0.1) is 23.3 Å². The number of hydrogen-bond donors (Lipinski definition) is 2. The summed E-state index contributed by atoms with van der Waals surface area (Å²) in [6, 6.07) is 20.9. The van der Waals surface area contributed by atoms with Crippen molar-refractivity contribution in [2.75, 3.05) is 18.7 Å². The Labute approximate surface area is 250 Å². The number of hydrazone groups is 1. The van der Waals surface area contributed by atoms with Crippen LogP contribution < -0.4 is 29.7 Å². The molecule has 1 aliphatic rings. The number of fused-ring (bicyclic) bond motifs is 1. The fraction of sp³-hybridized carbons (Fsp3) is 0.0968. The van der Waals surface area contributed by atoms with Crippen LogP contribution in [0.5, 0.6) is 23.0 Å². The number of carbonyl (C=O) groups excluding carboxylic acids is 3. The van der Waals surface area contributed by atoms with Crippen LogP contribution in [-0.4, -0.2) is 42.3 Å². The number of benzene rings is 4. The number of anilines is 1. The van der Waals surface area contributed by atoms with Crippen molar-refractivity contribution in [2.45, 2.75) is 6.92 Å². The van der Waals surface area contributed by atoms with E-state index < -0.39 is 22.7 Å². The van der Waals surface area contributed by atoms with E-state index in [2.05, 4.69) is 15.8 Å². The Kier molecular flexibility index (Phi) is 8.75. The van der Waals surface area contributed by atoms with Crippen molar-refractivity contribution < 1.29 is 38.3 Å². The Hall–Kier alpha value is -6.24. The first-order valence-electron chi connectivity index (χ1n) is 13.2. The molecule has 5 rings (SSSR count). The molecule has 0 bridgehead atoms. The summed E-state index contributed by atoms with van der Waals surface area (Å²) < 4.78 is 21.8. The Bertz CT molecular complexity index is 1770. The van der Waals surface area contributed by atoms with Crippen molar-refractivity contribution in [3.05, 3.63) is 117 Å². The molecule has 0 unspecified atom stereocenters. The lowest BCUT2D eigenvalue weighted by Gasteiger charge is -2.11. The standard InChI is InChI=1S/C31H24N4O9/c1-2-41-27-14-19(6-12-26(27)44-31(38)22-9-13-25-28(16-22)43-18-42-25)17-32-34-30(37)21-4-3-5-23(15-21)33-29(36)20-7-10-24(11-8-20)35(39)40/h3-17H,2,18H2,1H3,(H,33,36)(H,34,37). The van der Waals surface area contributed by atoms with Crippen LogP contribution in [-0.2, 0) is 0 Å². The number of carbonyl (C=O) groups is 3. The summed E-state index contributed by atoms with van der Waals surface area (Å²) >= 11 is 0. The maximum absolute atomic E-state index is 12.7. The molecule has 2 amide bonds. The molecule has 0 aromatic heterocycles. The van der Waals surface area contributed by atoms with Gasteiger partial charge in [0.15, 0.2) is 23.0 Å². The molecular weight excluding hydrogens is 572 g/mol. The van der Waals surface area contributed by atoms with Gasteiger partial charge in [0, 0.05) is 28.9 Å². The highest BCUT2D eigenvalue weighted by Gasteiger charge is 2.19. The Balaban J connectivity index is 1.20. The van der Waals surface area contributed by atoms with Crippen molar-refractivity contribution in [3.63, 3.8) is 0 Å². The number of hydrogen-bond acceptors (Lipinski definition) is 10. The molecule has 222 valence electrons. The summed E-state index contributed by atoms with van der Waals surface area (Å²) in [7, 11) is 0. The zero-order valence-electron chi connectivity index (χ0n) is 23.1. The maximum Gasteiger partial charge on any atom is 0.343 e. The fourth-order valence-corrected chi connectivity index (χ4v) is 4.05. The maximum atomic E-state index is 12.7. The molecule has 1 aliphatic heterocycles. The van der Waals surface area contributed by atoms with E-state index in [-0.39, 0.29) is 34.9 Å². The van der Waals surface area contributed by atoms with Crippen LogP contribution in [0.4, 0.5) is 11.4 Å². The van der Waals surface area contributed by atoms with Gasteiger partial charge in [-0.1, -0.05) is 6.07 Å². The van der Waals surface area contributed by atoms with Crippen LogP contribution in [0.15, 0.2) is 90.0 Å². The molecular formula is C31H24N4O9. The first-order chi connectivity index (χ1) is 21.3. The molecule has 0 radical (unpaired) electrons. The highest BCUT2D eigenvalue weighted by atomic mass is 16.7. The summed E-state index contributed by atoms with van der Waals surface area (Å²) in [5.74, 6) is -0.137. The quantitative estimate of drug-likeness (QED) is 0.0845. The average Bonchev–Trinajstić information content (AvgIpc) is 3.50. The van der Waals surface area contributed by atoms with Gasteiger partial charge in [-0.25, -0.2) is 10.2 Å². The van der Waals surface area contributed by atoms with E-state index in [0.717, 1.165) is 0 Å². The summed E-state index contributed by atoms with van der Waals surface area (Å²) in [6.07, 6.45) is 1.39. The molecule has 0 aliphatic carbocycles. The van der Waals surface area contributed by atoms with Crippen molar-refractivity contribution in [2.24, 2.45) is 5.10 Å². The zero-order valence-corrected chi connectivity index (χ0v) is 23.1. The van der Waals surface area contributed by atoms with Crippen molar-refractivity contribution in [1.82, 2.24) is 5.43 Å². The van der Waals surface area contributed by atoms with Crippen LogP contribution in [0.3, 0.4) is 0 Å². The molecule has 0 saturated carbocycles. The minimum atomic E-state index is -0.607. The molecule has 0 spiro atoms. The SMILES string of the molecule is CCOc1cc(C=NNC(=O)c2cccc(NC(=O)c3ccc([N+](=O)[O-])cc3)c2)ccc1OC(=O)c1ccc2c(c1)OCO2. The first-order valence-corrected chi connectivity index (χ1v) is 13.2. The van der Waals surface area contributed by atoms with E-state index in [4.69, 9.17) is 18.9 Å². The summed E-state index contributed by atoms with van der Waals surface area (Å²) in [5, 5.41) is 17.5. The second-order valence-electron chi connectivity index (χ2n) is 9.13. The molecule has 0 fully saturated rings. The first kappa shape index (κ1) is 29.3. The number of rotatable bonds is 10. The number of esters is 1. The normalized spacial score (nSPS) is 11.6. The lowest BCUT2D eigenvalue weighted by Crippen LogP contribution is -2.18. The Morgan fingerprint density at radius 3 is 2.43 bits per heavy atom. The van der Waals surface area contributed by atoms with Gasteiger partial charge in [0.25, 0.3) is 17.5 Å². The van der Waals surface area contributed by atoms with E-state index in [0.29, 0.717) is 35.1 Å². The minimum Gasteiger partial charge on any atom is -0.490 e. The second kappa shape index (κ2) is 13.2. The number of amides is 2. The summed E-state index contributed by atoms with van der Waals surface area (Å²) in [6.45, 7) is 2.18. The third-order valence-corrected chi connectivity index (χ3v) is 6.18. The molecule has 44 heavy (non-hydrogen) atoms. The van der Waals surface area contributed by atoms with E-state index in [1.165, 1.54) is 42.6 Å². The predicted octanol–water partition coefficient (Wildman–Crippen LogP) is 4.96. The molecule has 4 aromatic rings. The molecule has 1 heterocycles. The Morgan fingerprint density at radius 2 is 1.66 bits per heavy atom. The molecule has 4 aromatic carbocycles. The van der Waals surface area contributed by atoms with Gasteiger partial charge in [-0.3, -0.25) is 19.7 Å². The van der Waals surface area contributed by atoms with Crippen LogP contribution >= 0.6 is 0 Å². The van der Waals surface area contributed by atoms with Gasteiger partial charge < -0.3 is 24.3 Å². The van der Waals surface area contributed by atoms with E-state index in [1.807, 2.05) is 0 Å². The number of nitro groups is 1. The zero-order chi connectivity index (χ0) is 31.1. The average molecular weight is 597 g/mol. The summed E-state index contributed by atoms with van der Waals surface area (Å²) in [4.78, 5) is 48.2. The monoisotopic (exact) mass is 596 g/mol. The highest BCUT2D eigenvalue weighted by molar-refractivity contribution is 6.05. The van der Waals surface area contributed by atoms with E-state index >= 15 is 0 Å². The minimum absolute atomic E-state index is 0.0858. The highest BCUT2D eigenvalue weighted by Crippen LogP contribution is 2.34. The molecule has 13 nitrogen and oxygen atoms in total. The second-order valence-corrected chi connectivity index (χ2v) is 9.13. The fourth-order valence-electron chi connectivity index (χ4n) is 4.05. The van der Waals surface area contributed by atoms with Crippen LogP contribution in [0.25, 0.3) is 0 Å². The largest absolute Gasteiger partial charge is 0.490 e. The van der Waals surface area contributed by atoms with Crippen molar-refractivity contribution >= 4 is 35.4 Å². The molecule has 0 saturated heterocycles. The van der Waals surface area contributed by atoms with Gasteiger partial charge >= 0.3 is 5.97 Å². The van der Waals surface area contributed by atoms with Gasteiger partial charge in [0.2, 0.25) is 6.79 Å². The third kappa shape index (κ3) is 6.97. The third-order valence-electron chi connectivity index (χ3n) is 6.18. The summed E-state index contributed by atoms with van der Waals surface area (Å²) in [5.41, 5.74) is 3.91. The van der Waals surface area contributed by atoms with E-state index in [1.54, 1.807) is 55.5 Å². The van der Waals surface area contributed by atoms with Gasteiger partial charge in [-0.2, -0.15) is 5.10 Å². The lowest BCUT2D eigenvalue weighted by atomic mass is 10.1. The lowest BCUT2D eigenvalue weighted by molar-refractivity contribution is -0.384. The van der Waals surface area contributed by atoms with Crippen LogP contribution in [0, 0.1) is 10.1 Å². The van der Waals surface area contributed by atoms with Crippen LogP contribution in [0.2, 0.25) is 0 Å². The van der Waals surface area contributed by atoms with Crippen molar-refractivity contribution in [1.29, 1.82) is 0 Å². The Morgan fingerprint density at radius 1 is 0.886 bits per heavy atom. The van der Waals surface area contributed by atoms with Gasteiger partial charge in [-0.05, 0) is 79.2 Å². The molecule has 2 N–H and O–H groups in total. The van der Waals surface area contributed by atoms with Gasteiger partial charge in [-0.15, -0.1) is 0 Å². The molecule has 0 atom stereocenters. The van der Waals surface area contributed by atoms with E-state index in [9.17, 15) is 24.5 Å².